The first kappa shape index (κ1) is 12.0. The third-order valence-corrected chi connectivity index (χ3v) is 3.41. The number of hydrogen-bond acceptors (Lipinski definition) is 4. The van der Waals surface area contributed by atoms with E-state index in [9.17, 15) is 13.2 Å². The molecular weight excluding hydrogens is 216 g/mol. The zero-order chi connectivity index (χ0) is 11.3. The molecule has 0 aliphatic carbocycles. The molecule has 0 spiro atoms. The number of rotatable bonds is 3. The molecule has 0 bridgehead atoms. The first-order chi connectivity index (χ1) is 7.05. The largest absolute Gasteiger partial charge is 0.339 e. The molecule has 1 heterocycles. The average Bonchev–Trinajstić information content (AvgIpc) is 2.18. The Morgan fingerprint density at radius 1 is 1.40 bits per heavy atom. The third kappa shape index (κ3) is 3.90. The quantitative estimate of drug-likeness (QED) is 0.597. The van der Waals surface area contributed by atoms with Crippen LogP contribution in [-0.2, 0) is 14.6 Å². The summed E-state index contributed by atoms with van der Waals surface area (Å²) in [5, 5.41) is 3.08. The van der Waals surface area contributed by atoms with Crippen LogP contribution in [0.25, 0.3) is 0 Å². The highest BCUT2D eigenvalue weighted by molar-refractivity contribution is 7.92. The summed E-state index contributed by atoms with van der Waals surface area (Å²) in [7, 11) is -3.43. The molecule has 0 radical (unpaired) electrons. The van der Waals surface area contributed by atoms with E-state index < -0.39 is 15.6 Å². The standard InChI is InChI=1S/C9H14N2O3S/c1-2-7-15(13,14)8-9(12)11-5-3-10-4-6-11/h1,10H,3-8H2. The fourth-order valence-corrected chi connectivity index (χ4v) is 2.29. The van der Waals surface area contributed by atoms with Crippen LogP contribution >= 0.6 is 0 Å². The fourth-order valence-electron chi connectivity index (χ4n) is 1.37. The Morgan fingerprint density at radius 2 is 2.00 bits per heavy atom. The van der Waals surface area contributed by atoms with Crippen molar-refractivity contribution < 1.29 is 13.2 Å². The van der Waals surface area contributed by atoms with Crippen LogP contribution in [0.3, 0.4) is 0 Å². The van der Waals surface area contributed by atoms with Crippen LogP contribution in [0.15, 0.2) is 0 Å². The molecule has 0 aromatic rings. The molecule has 1 N–H and O–H groups in total. The number of hydrogen-bond donors (Lipinski definition) is 1. The first-order valence-electron chi connectivity index (χ1n) is 4.67. The summed E-state index contributed by atoms with van der Waals surface area (Å²) in [4.78, 5) is 13.1. The van der Waals surface area contributed by atoms with Crippen molar-refractivity contribution in [3.8, 4) is 12.3 Å². The Labute approximate surface area is 89.7 Å². The van der Waals surface area contributed by atoms with E-state index in [4.69, 9.17) is 6.42 Å². The van der Waals surface area contributed by atoms with Crippen LogP contribution in [0.2, 0.25) is 0 Å². The summed E-state index contributed by atoms with van der Waals surface area (Å²) >= 11 is 0. The molecular formula is C9H14N2O3S. The van der Waals surface area contributed by atoms with E-state index in [1.165, 1.54) is 0 Å². The molecule has 15 heavy (non-hydrogen) atoms. The van der Waals surface area contributed by atoms with Gasteiger partial charge < -0.3 is 10.2 Å². The molecule has 1 aliphatic rings. The fraction of sp³-hybridized carbons (Fsp3) is 0.667. The Morgan fingerprint density at radius 3 is 2.53 bits per heavy atom. The predicted octanol–water partition coefficient (Wildman–Crippen LogP) is -1.53. The molecule has 0 saturated carbocycles. The maximum Gasteiger partial charge on any atom is 0.237 e. The second-order valence-electron chi connectivity index (χ2n) is 3.37. The second kappa shape index (κ2) is 5.14. The van der Waals surface area contributed by atoms with Crippen molar-refractivity contribution in [2.75, 3.05) is 37.7 Å². The SMILES string of the molecule is C#CCS(=O)(=O)CC(=O)N1CCNCC1. The lowest BCUT2D eigenvalue weighted by Gasteiger charge is -2.27. The summed E-state index contributed by atoms with van der Waals surface area (Å²) in [6, 6.07) is 0. The van der Waals surface area contributed by atoms with Gasteiger partial charge in [-0.15, -0.1) is 6.42 Å². The molecule has 6 heteroatoms. The van der Waals surface area contributed by atoms with Gasteiger partial charge in [-0.1, -0.05) is 5.92 Å². The van der Waals surface area contributed by atoms with Gasteiger partial charge in [-0.05, 0) is 0 Å². The smallest absolute Gasteiger partial charge is 0.237 e. The monoisotopic (exact) mass is 230 g/mol. The molecule has 84 valence electrons. The van der Waals surface area contributed by atoms with E-state index in [1.54, 1.807) is 4.90 Å². The van der Waals surface area contributed by atoms with Gasteiger partial charge in [0.05, 0.1) is 0 Å². The highest BCUT2D eigenvalue weighted by Crippen LogP contribution is 1.98. The lowest BCUT2D eigenvalue weighted by Crippen LogP contribution is -2.48. The molecule has 1 saturated heterocycles. The number of carbonyl (C=O) groups excluding carboxylic acids is 1. The summed E-state index contributed by atoms with van der Waals surface area (Å²) in [6.45, 7) is 2.54. The van der Waals surface area contributed by atoms with Gasteiger partial charge in [-0.2, -0.15) is 0 Å². The van der Waals surface area contributed by atoms with Gasteiger partial charge in [0.2, 0.25) is 5.91 Å². The van der Waals surface area contributed by atoms with Crippen molar-refractivity contribution in [2.45, 2.75) is 0 Å². The minimum atomic E-state index is -3.43. The minimum absolute atomic E-state index is 0.355. The maximum absolute atomic E-state index is 11.5. The lowest BCUT2D eigenvalue weighted by molar-refractivity contribution is -0.128. The average molecular weight is 230 g/mol. The second-order valence-corrected chi connectivity index (χ2v) is 5.43. The molecule has 0 aromatic carbocycles. The van der Waals surface area contributed by atoms with Crippen molar-refractivity contribution in [1.29, 1.82) is 0 Å². The predicted molar refractivity (Wildman–Crippen MR) is 56.9 cm³/mol. The first-order valence-corrected chi connectivity index (χ1v) is 6.50. The van der Waals surface area contributed by atoms with Crippen molar-refractivity contribution >= 4 is 15.7 Å². The molecule has 0 unspecified atom stereocenters. The summed E-state index contributed by atoms with van der Waals surface area (Å²) < 4.78 is 22.6. The van der Waals surface area contributed by atoms with Gasteiger partial charge in [0.1, 0.15) is 11.5 Å². The molecule has 1 fully saturated rings. The van der Waals surface area contributed by atoms with Crippen LogP contribution in [0, 0.1) is 12.3 Å². The van der Waals surface area contributed by atoms with E-state index in [-0.39, 0.29) is 11.7 Å². The third-order valence-electron chi connectivity index (χ3n) is 2.12. The number of carbonyl (C=O) groups is 1. The topological polar surface area (TPSA) is 66.5 Å². The van der Waals surface area contributed by atoms with Crippen molar-refractivity contribution in [2.24, 2.45) is 0 Å². The summed E-state index contributed by atoms with van der Waals surface area (Å²) in [5.41, 5.74) is 0. The van der Waals surface area contributed by atoms with Gasteiger partial charge in [-0.3, -0.25) is 4.79 Å². The summed E-state index contributed by atoms with van der Waals surface area (Å²) in [5.74, 6) is 0.845. The number of sulfone groups is 1. The highest BCUT2D eigenvalue weighted by atomic mass is 32.2. The number of nitrogens with zero attached hydrogens (tertiary/aromatic N) is 1. The lowest BCUT2D eigenvalue weighted by atomic mass is 10.3. The van der Waals surface area contributed by atoms with Gasteiger partial charge in [-0.25, -0.2) is 8.42 Å². The highest BCUT2D eigenvalue weighted by Gasteiger charge is 2.22. The van der Waals surface area contributed by atoms with Gasteiger partial charge in [0, 0.05) is 26.2 Å². The Bertz CT molecular complexity index is 363. The Kier molecular flexibility index (Phi) is 4.12. The number of piperazine rings is 1. The number of terminal acetylenes is 1. The van der Waals surface area contributed by atoms with E-state index >= 15 is 0 Å². The van der Waals surface area contributed by atoms with Crippen molar-refractivity contribution in [3.63, 3.8) is 0 Å². The molecule has 1 amide bonds. The number of amides is 1. The Balaban J connectivity index is 2.51. The van der Waals surface area contributed by atoms with E-state index in [1.807, 2.05) is 5.92 Å². The number of nitrogens with one attached hydrogen (secondary N) is 1. The zero-order valence-electron chi connectivity index (χ0n) is 8.40. The molecule has 5 nitrogen and oxygen atoms in total. The van der Waals surface area contributed by atoms with Gasteiger partial charge in [0.25, 0.3) is 0 Å². The van der Waals surface area contributed by atoms with Gasteiger partial charge >= 0.3 is 0 Å². The molecule has 0 aromatic heterocycles. The van der Waals surface area contributed by atoms with E-state index in [0.29, 0.717) is 26.2 Å². The van der Waals surface area contributed by atoms with Gasteiger partial charge in [0.15, 0.2) is 9.84 Å². The normalized spacial score (nSPS) is 17.1. The molecule has 1 aliphatic heterocycles. The Hall–Kier alpha value is -1.06. The van der Waals surface area contributed by atoms with E-state index in [0.717, 1.165) is 0 Å². The van der Waals surface area contributed by atoms with Crippen LogP contribution in [0.1, 0.15) is 0 Å². The minimum Gasteiger partial charge on any atom is -0.339 e. The molecule has 1 rings (SSSR count). The molecule has 0 atom stereocenters. The van der Waals surface area contributed by atoms with Crippen molar-refractivity contribution in [3.05, 3.63) is 0 Å². The zero-order valence-corrected chi connectivity index (χ0v) is 9.22. The van der Waals surface area contributed by atoms with Crippen LogP contribution in [0.4, 0.5) is 0 Å². The maximum atomic E-state index is 11.5. The van der Waals surface area contributed by atoms with Crippen molar-refractivity contribution in [1.82, 2.24) is 10.2 Å². The van der Waals surface area contributed by atoms with E-state index in [2.05, 4.69) is 5.32 Å². The van der Waals surface area contributed by atoms with Crippen LogP contribution < -0.4 is 5.32 Å². The summed E-state index contributed by atoms with van der Waals surface area (Å²) in [6.07, 6.45) is 4.90. The van der Waals surface area contributed by atoms with Crippen LogP contribution in [0.5, 0.6) is 0 Å². The van der Waals surface area contributed by atoms with Crippen LogP contribution in [-0.4, -0.2) is 56.9 Å².